The monoisotopic (exact) mass is 209 g/mol. The van der Waals surface area contributed by atoms with Crippen molar-refractivity contribution in [2.45, 2.75) is 13.5 Å². The van der Waals surface area contributed by atoms with Crippen LogP contribution < -0.4 is 5.32 Å². The molecule has 0 saturated heterocycles. The van der Waals surface area contributed by atoms with Crippen LogP contribution in [0.4, 0.5) is 4.39 Å². The first-order valence-electron chi connectivity index (χ1n) is 4.68. The predicted octanol–water partition coefficient (Wildman–Crippen LogP) is 3.15. The van der Waals surface area contributed by atoms with Gasteiger partial charge in [0, 0.05) is 16.6 Å². The first kappa shape index (κ1) is 9.62. The summed E-state index contributed by atoms with van der Waals surface area (Å²) in [6.45, 7) is 3.70. The molecule has 14 heavy (non-hydrogen) atoms. The molecule has 0 saturated carbocycles. The first-order chi connectivity index (χ1) is 6.83. The van der Waals surface area contributed by atoms with Crippen molar-refractivity contribution in [3.05, 3.63) is 35.0 Å². The number of rotatable bonds is 3. The van der Waals surface area contributed by atoms with Gasteiger partial charge in [-0.2, -0.15) is 0 Å². The molecular weight excluding hydrogens is 197 g/mol. The van der Waals surface area contributed by atoms with E-state index in [0.29, 0.717) is 0 Å². The molecule has 1 aromatic heterocycles. The van der Waals surface area contributed by atoms with Crippen LogP contribution in [-0.2, 0) is 6.54 Å². The highest BCUT2D eigenvalue weighted by Crippen LogP contribution is 2.27. The van der Waals surface area contributed by atoms with Gasteiger partial charge in [-0.1, -0.05) is 13.0 Å². The van der Waals surface area contributed by atoms with Crippen molar-refractivity contribution in [1.29, 1.82) is 0 Å². The Hall–Kier alpha value is -0.930. The molecule has 0 radical (unpaired) electrons. The van der Waals surface area contributed by atoms with E-state index in [1.54, 1.807) is 17.4 Å². The Morgan fingerprint density at radius 1 is 1.43 bits per heavy atom. The molecule has 0 amide bonds. The van der Waals surface area contributed by atoms with Gasteiger partial charge in [0.15, 0.2) is 0 Å². The number of fused-ring (bicyclic) bond motifs is 1. The smallest absolute Gasteiger partial charge is 0.132 e. The van der Waals surface area contributed by atoms with Gasteiger partial charge in [-0.25, -0.2) is 4.39 Å². The Morgan fingerprint density at radius 3 is 3.07 bits per heavy atom. The molecule has 1 heterocycles. The third kappa shape index (κ3) is 1.65. The Bertz CT molecular complexity index is 436. The zero-order valence-electron chi connectivity index (χ0n) is 8.01. The van der Waals surface area contributed by atoms with E-state index in [0.717, 1.165) is 28.7 Å². The average molecular weight is 209 g/mol. The molecule has 0 aliphatic rings. The van der Waals surface area contributed by atoms with Crippen molar-refractivity contribution in [3.8, 4) is 0 Å². The second kappa shape index (κ2) is 4.07. The van der Waals surface area contributed by atoms with Crippen molar-refractivity contribution < 1.29 is 4.39 Å². The zero-order valence-corrected chi connectivity index (χ0v) is 8.83. The van der Waals surface area contributed by atoms with E-state index in [1.165, 1.54) is 6.07 Å². The molecule has 0 aliphatic carbocycles. The lowest BCUT2D eigenvalue weighted by Crippen LogP contribution is -2.11. The predicted molar refractivity (Wildman–Crippen MR) is 59.2 cm³/mol. The fourth-order valence-electron chi connectivity index (χ4n) is 1.50. The Labute approximate surface area is 86.6 Å². The summed E-state index contributed by atoms with van der Waals surface area (Å²) in [5.74, 6) is -0.114. The van der Waals surface area contributed by atoms with Crippen molar-refractivity contribution in [2.24, 2.45) is 0 Å². The van der Waals surface area contributed by atoms with Gasteiger partial charge >= 0.3 is 0 Å². The molecule has 0 atom stereocenters. The van der Waals surface area contributed by atoms with E-state index < -0.39 is 0 Å². The van der Waals surface area contributed by atoms with Crippen LogP contribution in [0.25, 0.3) is 10.1 Å². The van der Waals surface area contributed by atoms with Crippen molar-refractivity contribution in [2.75, 3.05) is 6.54 Å². The van der Waals surface area contributed by atoms with Crippen LogP contribution in [0.3, 0.4) is 0 Å². The van der Waals surface area contributed by atoms with Crippen LogP contribution in [-0.4, -0.2) is 6.54 Å². The van der Waals surface area contributed by atoms with Crippen molar-refractivity contribution >= 4 is 21.4 Å². The summed E-state index contributed by atoms with van der Waals surface area (Å²) in [5, 5.41) is 6.01. The maximum Gasteiger partial charge on any atom is 0.132 e. The van der Waals surface area contributed by atoms with Gasteiger partial charge in [0.1, 0.15) is 5.82 Å². The number of hydrogen-bond donors (Lipinski definition) is 1. The van der Waals surface area contributed by atoms with Gasteiger partial charge in [-0.15, -0.1) is 11.3 Å². The lowest BCUT2D eigenvalue weighted by Gasteiger charge is -2.00. The Balaban J connectivity index is 2.45. The Kier molecular flexibility index (Phi) is 2.79. The summed E-state index contributed by atoms with van der Waals surface area (Å²) >= 11 is 1.60. The van der Waals surface area contributed by atoms with Gasteiger partial charge in [0.25, 0.3) is 0 Å². The first-order valence-corrected chi connectivity index (χ1v) is 5.56. The van der Waals surface area contributed by atoms with Gasteiger partial charge in [-0.05, 0) is 29.6 Å². The fourth-order valence-corrected chi connectivity index (χ4v) is 2.47. The molecule has 1 N–H and O–H groups in total. The fraction of sp³-hybridized carbons (Fsp3) is 0.273. The molecular formula is C11H12FNS. The van der Waals surface area contributed by atoms with Crippen LogP contribution in [0.2, 0.25) is 0 Å². The molecule has 0 spiro atoms. The minimum Gasteiger partial charge on any atom is -0.313 e. The number of hydrogen-bond acceptors (Lipinski definition) is 2. The van der Waals surface area contributed by atoms with Gasteiger partial charge < -0.3 is 5.32 Å². The summed E-state index contributed by atoms with van der Waals surface area (Å²) in [7, 11) is 0. The van der Waals surface area contributed by atoms with Crippen LogP contribution >= 0.6 is 11.3 Å². The molecule has 0 aliphatic heterocycles. The van der Waals surface area contributed by atoms with E-state index >= 15 is 0 Å². The number of benzene rings is 1. The molecule has 0 unspecified atom stereocenters. The molecule has 0 fully saturated rings. The van der Waals surface area contributed by atoms with E-state index in [4.69, 9.17) is 0 Å². The van der Waals surface area contributed by atoms with Crippen LogP contribution in [0, 0.1) is 5.82 Å². The van der Waals surface area contributed by atoms with Gasteiger partial charge in [0.05, 0.1) is 0 Å². The van der Waals surface area contributed by atoms with E-state index in [2.05, 4.69) is 5.32 Å². The highest BCUT2D eigenvalue weighted by atomic mass is 32.1. The van der Waals surface area contributed by atoms with Crippen molar-refractivity contribution in [1.82, 2.24) is 5.32 Å². The maximum atomic E-state index is 13.5. The lowest BCUT2D eigenvalue weighted by molar-refractivity contribution is 0.637. The molecule has 2 rings (SSSR count). The van der Waals surface area contributed by atoms with E-state index in [1.807, 2.05) is 18.4 Å². The van der Waals surface area contributed by atoms with Gasteiger partial charge in [0.2, 0.25) is 0 Å². The minimum absolute atomic E-state index is 0.114. The zero-order chi connectivity index (χ0) is 9.97. The summed E-state index contributed by atoms with van der Waals surface area (Å²) in [6, 6.07) is 5.23. The standard InChI is InChI=1S/C11H12FNS/c1-2-13-6-8-7-14-10-5-3-4-9(12)11(8)10/h3-5,7,13H,2,6H2,1H3. The molecule has 0 bridgehead atoms. The van der Waals surface area contributed by atoms with Crippen LogP contribution in [0.1, 0.15) is 12.5 Å². The maximum absolute atomic E-state index is 13.5. The number of thiophene rings is 1. The highest BCUT2D eigenvalue weighted by Gasteiger charge is 2.07. The summed E-state index contributed by atoms with van der Waals surface area (Å²) in [5.41, 5.74) is 1.06. The minimum atomic E-state index is -0.114. The topological polar surface area (TPSA) is 12.0 Å². The molecule has 3 heteroatoms. The normalized spacial score (nSPS) is 11.0. The Morgan fingerprint density at radius 2 is 2.29 bits per heavy atom. The number of halogens is 1. The second-order valence-electron chi connectivity index (χ2n) is 3.15. The highest BCUT2D eigenvalue weighted by molar-refractivity contribution is 7.17. The third-order valence-corrected chi connectivity index (χ3v) is 3.19. The summed E-state index contributed by atoms with van der Waals surface area (Å²) in [6.07, 6.45) is 0. The van der Waals surface area contributed by atoms with E-state index in [-0.39, 0.29) is 5.82 Å². The number of nitrogens with one attached hydrogen (secondary N) is 1. The molecule has 2 aromatic rings. The molecule has 1 nitrogen and oxygen atoms in total. The summed E-state index contributed by atoms with van der Waals surface area (Å²) in [4.78, 5) is 0. The van der Waals surface area contributed by atoms with E-state index in [9.17, 15) is 4.39 Å². The third-order valence-electron chi connectivity index (χ3n) is 2.19. The SMILES string of the molecule is CCNCc1csc2cccc(F)c12. The van der Waals surface area contributed by atoms with Crippen molar-refractivity contribution in [3.63, 3.8) is 0 Å². The van der Waals surface area contributed by atoms with Crippen LogP contribution in [0.15, 0.2) is 23.6 Å². The quantitative estimate of drug-likeness (QED) is 0.818. The summed E-state index contributed by atoms with van der Waals surface area (Å²) < 4.78 is 14.5. The molecule has 74 valence electrons. The lowest BCUT2D eigenvalue weighted by atomic mass is 10.1. The second-order valence-corrected chi connectivity index (χ2v) is 4.07. The largest absolute Gasteiger partial charge is 0.313 e. The molecule has 1 aromatic carbocycles. The van der Waals surface area contributed by atoms with Gasteiger partial charge in [-0.3, -0.25) is 0 Å². The van der Waals surface area contributed by atoms with Crippen LogP contribution in [0.5, 0.6) is 0 Å². The average Bonchev–Trinajstić information content (AvgIpc) is 2.59.